The molecule has 2 unspecified atom stereocenters. The summed E-state index contributed by atoms with van der Waals surface area (Å²) in [4.78, 5) is 27.1. The number of halogens is 5. The fourth-order valence-corrected chi connectivity index (χ4v) is 5.11. The first-order valence-electron chi connectivity index (χ1n) is 14.4. The predicted octanol–water partition coefficient (Wildman–Crippen LogP) is 6.63. The lowest BCUT2D eigenvalue weighted by atomic mass is 9.88. The summed E-state index contributed by atoms with van der Waals surface area (Å²) < 4.78 is 79.7. The van der Waals surface area contributed by atoms with E-state index < -0.39 is 41.2 Å². The van der Waals surface area contributed by atoms with Gasteiger partial charge in [0.2, 0.25) is 5.60 Å². The molecule has 2 aromatic rings. The molecule has 238 valence electrons. The first-order chi connectivity index (χ1) is 20.1. The van der Waals surface area contributed by atoms with Gasteiger partial charge < -0.3 is 19.9 Å². The molecular weight excluding hydrogens is 575 g/mol. The number of carbonyl (C=O) groups excluding carboxylic acids is 2. The van der Waals surface area contributed by atoms with Crippen LogP contribution in [0, 0.1) is 0 Å². The van der Waals surface area contributed by atoms with Crippen molar-refractivity contribution in [1.29, 1.82) is 0 Å². The molecular formula is C31H39F5N2O5. The average Bonchev–Trinajstić information content (AvgIpc) is 3.14. The van der Waals surface area contributed by atoms with E-state index in [1.54, 1.807) is 45.0 Å². The van der Waals surface area contributed by atoms with Gasteiger partial charge in [0.1, 0.15) is 17.0 Å². The maximum Gasteiger partial charge on any atom is 0.427 e. The van der Waals surface area contributed by atoms with Gasteiger partial charge in [-0.2, -0.15) is 13.2 Å². The van der Waals surface area contributed by atoms with E-state index in [4.69, 9.17) is 9.47 Å². The molecule has 0 aromatic heterocycles. The predicted molar refractivity (Wildman–Crippen MR) is 150 cm³/mol. The van der Waals surface area contributed by atoms with Gasteiger partial charge in [-0.3, -0.25) is 9.69 Å². The van der Waals surface area contributed by atoms with E-state index in [9.17, 15) is 36.6 Å². The molecule has 1 fully saturated rings. The number of amides is 3. The van der Waals surface area contributed by atoms with Crippen molar-refractivity contribution in [2.75, 3.05) is 13.2 Å². The Labute approximate surface area is 248 Å². The zero-order valence-electron chi connectivity index (χ0n) is 25.0. The quantitative estimate of drug-likeness (QED) is 0.142. The maximum atomic E-state index is 13.6. The summed E-state index contributed by atoms with van der Waals surface area (Å²) >= 11 is 0. The molecule has 0 aliphatic carbocycles. The lowest BCUT2D eigenvalue weighted by Crippen LogP contribution is -2.48. The van der Waals surface area contributed by atoms with Gasteiger partial charge in [0.25, 0.3) is 12.3 Å². The largest absolute Gasteiger partial charge is 0.493 e. The topological polar surface area (TPSA) is 88.1 Å². The fraction of sp³-hybridized carbons (Fsp3) is 0.548. The van der Waals surface area contributed by atoms with Gasteiger partial charge in [-0.1, -0.05) is 38.8 Å². The number of ether oxygens (including phenoxy) is 2. The number of imide groups is 1. The first kappa shape index (κ1) is 34.1. The van der Waals surface area contributed by atoms with Gasteiger partial charge in [0, 0.05) is 6.54 Å². The van der Waals surface area contributed by atoms with Gasteiger partial charge in [0.05, 0.1) is 12.7 Å². The highest BCUT2D eigenvalue weighted by atomic mass is 19.4. The Bertz CT molecular complexity index is 1260. The molecule has 0 saturated carbocycles. The van der Waals surface area contributed by atoms with Crippen LogP contribution in [0.15, 0.2) is 36.4 Å². The lowest BCUT2D eigenvalue weighted by Gasteiger charge is -2.31. The molecule has 0 spiro atoms. The Balaban J connectivity index is 1.77. The number of nitrogens with one attached hydrogen (secondary N) is 1. The van der Waals surface area contributed by atoms with Gasteiger partial charge in [-0.05, 0) is 86.6 Å². The van der Waals surface area contributed by atoms with E-state index in [0.29, 0.717) is 24.2 Å². The number of rotatable bonds is 14. The standard InChI is InChI=1S/C31H39F5N2O5/c1-6-9-20-17-23(30(41,26(32)33)31(34,35)36)18-21(10-7-2)25(20)42-16-8-15-38-27(39)29(5,37-28(38)40)22-11-13-24(14-12-22)43-19(3)4/h11-14,17-19,26,41H,6-10,15-16H2,1-5H3,(H,37,40). The van der Waals surface area contributed by atoms with Crippen LogP contribution in [0.5, 0.6) is 11.5 Å². The van der Waals surface area contributed by atoms with Crippen molar-refractivity contribution in [2.45, 2.75) is 96.6 Å². The van der Waals surface area contributed by atoms with E-state index in [-0.39, 0.29) is 55.4 Å². The van der Waals surface area contributed by atoms with Crippen molar-refractivity contribution in [3.05, 3.63) is 58.7 Å². The normalized spacial score (nSPS) is 18.8. The van der Waals surface area contributed by atoms with Crippen LogP contribution in [0.25, 0.3) is 0 Å². The maximum absolute atomic E-state index is 13.6. The van der Waals surface area contributed by atoms with E-state index in [2.05, 4.69) is 5.32 Å². The molecule has 43 heavy (non-hydrogen) atoms. The Morgan fingerprint density at radius 2 is 1.56 bits per heavy atom. The number of alkyl halides is 5. The molecule has 2 atom stereocenters. The summed E-state index contributed by atoms with van der Waals surface area (Å²) in [5, 5.41) is 12.9. The van der Waals surface area contributed by atoms with Gasteiger partial charge in [-0.15, -0.1) is 0 Å². The Morgan fingerprint density at radius 3 is 2.02 bits per heavy atom. The zero-order chi connectivity index (χ0) is 32.2. The highest BCUT2D eigenvalue weighted by Gasteiger charge is 2.62. The molecule has 1 saturated heterocycles. The minimum absolute atomic E-state index is 0.000172. The molecule has 0 bridgehead atoms. The third kappa shape index (κ3) is 7.05. The number of hydrogen-bond acceptors (Lipinski definition) is 5. The van der Waals surface area contributed by atoms with Crippen molar-refractivity contribution >= 4 is 11.9 Å². The van der Waals surface area contributed by atoms with Crippen LogP contribution in [-0.4, -0.2) is 53.8 Å². The smallest absolute Gasteiger partial charge is 0.427 e. The highest BCUT2D eigenvalue weighted by Crippen LogP contribution is 2.45. The van der Waals surface area contributed by atoms with Crippen molar-refractivity contribution in [1.82, 2.24) is 10.2 Å². The number of hydrogen-bond donors (Lipinski definition) is 2. The number of carbonyl (C=O) groups is 2. The van der Waals surface area contributed by atoms with Gasteiger partial charge in [0.15, 0.2) is 0 Å². The van der Waals surface area contributed by atoms with Crippen molar-refractivity contribution < 1.29 is 46.1 Å². The minimum Gasteiger partial charge on any atom is -0.493 e. The van der Waals surface area contributed by atoms with Crippen LogP contribution >= 0.6 is 0 Å². The first-order valence-corrected chi connectivity index (χ1v) is 14.4. The molecule has 1 aliphatic heterocycles. The molecule has 7 nitrogen and oxygen atoms in total. The number of aryl methyl sites for hydroxylation is 2. The summed E-state index contributed by atoms with van der Waals surface area (Å²) in [5.74, 6) is 0.441. The molecule has 0 radical (unpaired) electrons. The van der Waals surface area contributed by atoms with Crippen LogP contribution < -0.4 is 14.8 Å². The van der Waals surface area contributed by atoms with E-state index in [1.807, 2.05) is 13.8 Å². The van der Waals surface area contributed by atoms with Crippen LogP contribution in [-0.2, 0) is 28.8 Å². The molecule has 1 aliphatic rings. The average molecular weight is 615 g/mol. The van der Waals surface area contributed by atoms with E-state index in [1.165, 1.54) is 0 Å². The second-order valence-electron chi connectivity index (χ2n) is 11.1. The third-order valence-electron chi connectivity index (χ3n) is 7.32. The summed E-state index contributed by atoms with van der Waals surface area (Å²) in [6, 6.07) is 8.16. The lowest BCUT2D eigenvalue weighted by molar-refractivity contribution is -0.305. The molecule has 3 rings (SSSR count). The van der Waals surface area contributed by atoms with Crippen LogP contribution in [0.1, 0.15) is 76.1 Å². The molecule has 3 amide bonds. The van der Waals surface area contributed by atoms with Gasteiger partial charge in [-0.25, -0.2) is 13.6 Å². The molecule has 12 heteroatoms. The third-order valence-corrected chi connectivity index (χ3v) is 7.32. The Hall–Kier alpha value is -3.41. The molecule has 1 heterocycles. The zero-order valence-corrected chi connectivity index (χ0v) is 25.0. The number of aliphatic hydroxyl groups is 1. The summed E-state index contributed by atoms with van der Waals surface area (Å²) in [7, 11) is 0. The van der Waals surface area contributed by atoms with Crippen molar-refractivity contribution in [3.8, 4) is 11.5 Å². The van der Waals surface area contributed by atoms with E-state index >= 15 is 0 Å². The SMILES string of the molecule is CCCc1cc(C(O)(C(F)F)C(F)(F)F)cc(CCC)c1OCCCN1C(=O)NC(C)(c2ccc(OC(C)C)cc2)C1=O. The fourth-order valence-electron chi connectivity index (χ4n) is 5.11. The highest BCUT2D eigenvalue weighted by molar-refractivity contribution is 6.07. The van der Waals surface area contributed by atoms with Crippen LogP contribution in [0.3, 0.4) is 0 Å². The van der Waals surface area contributed by atoms with Crippen LogP contribution in [0.2, 0.25) is 0 Å². The minimum atomic E-state index is -5.60. The molecule has 2 aromatic carbocycles. The van der Waals surface area contributed by atoms with E-state index in [0.717, 1.165) is 17.0 Å². The monoisotopic (exact) mass is 614 g/mol. The Morgan fingerprint density at radius 1 is 1.00 bits per heavy atom. The second-order valence-corrected chi connectivity index (χ2v) is 11.1. The van der Waals surface area contributed by atoms with Gasteiger partial charge >= 0.3 is 12.2 Å². The molecule has 2 N–H and O–H groups in total. The summed E-state index contributed by atoms with van der Waals surface area (Å²) in [6.07, 6.45) is -8.10. The number of urea groups is 1. The summed E-state index contributed by atoms with van der Waals surface area (Å²) in [5.41, 5.74) is -5.44. The number of nitrogens with zero attached hydrogens (tertiary/aromatic N) is 1. The van der Waals surface area contributed by atoms with Crippen molar-refractivity contribution in [3.63, 3.8) is 0 Å². The Kier molecular flexibility index (Phi) is 10.7. The number of benzene rings is 2. The van der Waals surface area contributed by atoms with Crippen LogP contribution in [0.4, 0.5) is 26.7 Å². The summed E-state index contributed by atoms with van der Waals surface area (Å²) in [6.45, 7) is 8.96. The van der Waals surface area contributed by atoms with Crippen molar-refractivity contribution in [2.24, 2.45) is 0 Å². The second kappa shape index (κ2) is 13.5.